The van der Waals surface area contributed by atoms with E-state index in [0.29, 0.717) is 0 Å². The summed E-state index contributed by atoms with van der Waals surface area (Å²) in [5.74, 6) is 0.343. The summed E-state index contributed by atoms with van der Waals surface area (Å²) in [7, 11) is 0. The van der Waals surface area contributed by atoms with E-state index in [-0.39, 0.29) is 42.2 Å². The quantitative estimate of drug-likeness (QED) is 0.688. The number of hydrogen-bond acceptors (Lipinski definition) is 3. The van der Waals surface area contributed by atoms with Crippen LogP contribution in [0.5, 0.6) is 0 Å². The first-order valence-electron chi connectivity index (χ1n) is 7.91. The van der Waals surface area contributed by atoms with Crippen molar-refractivity contribution in [1.82, 2.24) is 4.90 Å². The van der Waals surface area contributed by atoms with Crippen molar-refractivity contribution < 1.29 is 9.59 Å². The van der Waals surface area contributed by atoms with Gasteiger partial charge in [0.05, 0.1) is 18.5 Å². The van der Waals surface area contributed by atoms with E-state index in [1.54, 1.807) is 0 Å². The molecule has 4 atom stereocenters. The number of imide groups is 1. The Morgan fingerprint density at radius 3 is 2.27 bits per heavy atom. The lowest BCUT2D eigenvalue weighted by atomic mass is 9.85. The Balaban J connectivity index is 1.49. The molecule has 0 unspecified atom stereocenters. The second kappa shape index (κ2) is 4.70. The zero-order valence-corrected chi connectivity index (χ0v) is 12.9. The van der Waals surface area contributed by atoms with Crippen LogP contribution in [-0.2, 0) is 9.59 Å². The summed E-state index contributed by atoms with van der Waals surface area (Å²) in [5, 5.41) is 3.22. The van der Waals surface area contributed by atoms with E-state index in [4.69, 9.17) is 0 Å². The highest BCUT2D eigenvalue weighted by Gasteiger charge is 2.59. The van der Waals surface area contributed by atoms with Crippen molar-refractivity contribution in [3.05, 3.63) is 41.5 Å². The topological polar surface area (TPSA) is 49.4 Å². The Hall–Kier alpha value is -2.10. The fraction of sp³-hybridized carbons (Fsp3) is 0.444. The van der Waals surface area contributed by atoms with Gasteiger partial charge in [-0.1, -0.05) is 18.2 Å². The summed E-state index contributed by atoms with van der Waals surface area (Å²) in [4.78, 5) is 26.5. The van der Waals surface area contributed by atoms with Crippen LogP contribution in [0.4, 0.5) is 5.69 Å². The van der Waals surface area contributed by atoms with Crippen LogP contribution in [0.15, 0.2) is 30.4 Å². The molecule has 1 saturated carbocycles. The maximum absolute atomic E-state index is 12.6. The maximum Gasteiger partial charge on any atom is 0.235 e. The number of carbonyl (C=O) groups excluding carboxylic acids is 2. The van der Waals surface area contributed by atoms with Crippen molar-refractivity contribution >= 4 is 17.5 Å². The van der Waals surface area contributed by atoms with Crippen molar-refractivity contribution in [2.75, 3.05) is 12.0 Å². The van der Waals surface area contributed by atoms with Crippen LogP contribution in [0.2, 0.25) is 0 Å². The SMILES string of the molecule is Cc1ccc(NCN2C(=O)[C@@H]3[C@@H](C2=O)[C@@H]2C=C[C@@H]3C2)cc1C. The molecule has 2 fully saturated rings. The lowest BCUT2D eigenvalue weighted by Crippen LogP contribution is -2.37. The van der Waals surface area contributed by atoms with Crippen LogP contribution in [0.25, 0.3) is 0 Å². The van der Waals surface area contributed by atoms with Crippen molar-refractivity contribution in [2.45, 2.75) is 20.3 Å². The standard InChI is InChI=1S/C18H20N2O2/c1-10-3-6-14(7-11(10)2)19-9-20-17(21)15-12-4-5-13(8-12)16(15)18(20)22/h3-7,12-13,15-16,19H,8-9H2,1-2H3/t12-,13-,15+,16+/m1/s1. The first-order valence-corrected chi connectivity index (χ1v) is 7.91. The average molecular weight is 296 g/mol. The Kier molecular flexibility index (Phi) is 2.90. The maximum atomic E-state index is 12.6. The minimum Gasteiger partial charge on any atom is -0.367 e. The lowest BCUT2D eigenvalue weighted by Gasteiger charge is -2.18. The van der Waals surface area contributed by atoms with Crippen LogP contribution >= 0.6 is 0 Å². The number of fused-ring (bicyclic) bond motifs is 5. The molecule has 2 aliphatic carbocycles. The average Bonchev–Trinajstić information content (AvgIpc) is 3.16. The molecule has 1 aliphatic heterocycles. The minimum absolute atomic E-state index is 0.00295. The van der Waals surface area contributed by atoms with E-state index in [0.717, 1.165) is 12.1 Å². The van der Waals surface area contributed by atoms with Crippen molar-refractivity contribution in [2.24, 2.45) is 23.7 Å². The molecule has 0 spiro atoms. The highest BCUT2D eigenvalue weighted by Crippen LogP contribution is 2.52. The number of allylic oxidation sites excluding steroid dienone is 2. The highest BCUT2D eigenvalue weighted by molar-refractivity contribution is 6.06. The van der Waals surface area contributed by atoms with Crippen LogP contribution in [0, 0.1) is 37.5 Å². The molecule has 1 aromatic carbocycles. The highest BCUT2D eigenvalue weighted by atomic mass is 16.2. The molecule has 2 amide bonds. The fourth-order valence-corrected chi connectivity index (χ4v) is 4.14. The van der Waals surface area contributed by atoms with Gasteiger partial charge in [0, 0.05) is 5.69 Å². The van der Waals surface area contributed by atoms with Crippen LogP contribution in [-0.4, -0.2) is 23.4 Å². The second-order valence-electron chi connectivity index (χ2n) is 6.74. The molecule has 1 N–H and O–H groups in total. The summed E-state index contributed by atoms with van der Waals surface area (Å²) in [5.41, 5.74) is 3.38. The van der Waals surface area contributed by atoms with Gasteiger partial charge in [-0.3, -0.25) is 14.5 Å². The predicted molar refractivity (Wildman–Crippen MR) is 84.0 cm³/mol. The van der Waals surface area contributed by atoms with Gasteiger partial charge in [-0.2, -0.15) is 0 Å². The molecular formula is C18H20N2O2. The zero-order chi connectivity index (χ0) is 15.4. The number of aryl methyl sites for hydroxylation is 2. The fourth-order valence-electron chi connectivity index (χ4n) is 4.14. The molecule has 4 rings (SSSR count). The normalized spacial score (nSPS) is 32.0. The van der Waals surface area contributed by atoms with Crippen molar-refractivity contribution in [3.63, 3.8) is 0 Å². The lowest BCUT2D eigenvalue weighted by molar-refractivity contribution is -0.140. The summed E-state index contributed by atoms with van der Waals surface area (Å²) >= 11 is 0. The Morgan fingerprint density at radius 2 is 1.68 bits per heavy atom. The number of benzene rings is 1. The first-order chi connectivity index (χ1) is 10.6. The third kappa shape index (κ3) is 1.83. The molecule has 22 heavy (non-hydrogen) atoms. The Morgan fingerprint density at radius 1 is 1.05 bits per heavy atom. The number of hydrogen-bond donors (Lipinski definition) is 1. The first kappa shape index (κ1) is 13.6. The van der Waals surface area contributed by atoms with E-state index in [1.165, 1.54) is 16.0 Å². The van der Waals surface area contributed by atoms with Gasteiger partial charge in [-0.25, -0.2) is 0 Å². The van der Waals surface area contributed by atoms with Gasteiger partial charge in [0.1, 0.15) is 0 Å². The van der Waals surface area contributed by atoms with E-state index < -0.39 is 0 Å². The van der Waals surface area contributed by atoms with E-state index in [1.807, 2.05) is 18.2 Å². The van der Waals surface area contributed by atoms with Crippen molar-refractivity contribution in [1.29, 1.82) is 0 Å². The largest absolute Gasteiger partial charge is 0.367 e. The van der Waals surface area contributed by atoms with Crippen molar-refractivity contribution in [3.8, 4) is 0 Å². The summed E-state index contributed by atoms with van der Waals surface area (Å²) in [6, 6.07) is 6.08. The number of anilines is 1. The third-order valence-corrected chi connectivity index (χ3v) is 5.51. The summed E-state index contributed by atoms with van der Waals surface area (Å²) < 4.78 is 0. The zero-order valence-electron chi connectivity index (χ0n) is 12.9. The summed E-state index contributed by atoms with van der Waals surface area (Å²) in [6.45, 7) is 4.39. The van der Waals surface area contributed by atoms with Gasteiger partial charge in [0.25, 0.3) is 0 Å². The predicted octanol–water partition coefficient (Wildman–Crippen LogP) is 2.48. The molecule has 3 aliphatic rings. The van der Waals surface area contributed by atoms with Gasteiger partial charge in [0.2, 0.25) is 11.8 Å². The van der Waals surface area contributed by atoms with Gasteiger partial charge in [-0.15, -0.1) is 0 Å². The molecule has 0 radical (unpaired) electrons. The van der Waals surface area contributed by atoms with Crippen LogP contribution in [0.3, 0.4) is 0 Å². The van der Waals surface area contributed by atoms with Gasteiger partial charge < -0.3 is 5.32 Å². The molecule has 1 aromatic rings. The molecule has 4 heteroatoms. The molecule has 0 aromatic heterocycles. The number of rotatable bonds is 3. The molecule has 114 valence electrons. The number of carbonyl (C=O) groups is 2. The van der Waals surface area contributed by atoms with Crippen LogP contribution in [0.1, 0.15) is 17.5 Å². The molecule has 1 heterocycles. The number of likely N-dealkylation sites (tertiary alicyclic amines) is 1. The monoisotopic (exact) mass is 296 g/mol. The number of nitrogens with one attached hydrogen (secondary N) is 1. The van der Waals surface area contributed by atoms with Gasteiger partial charge in [-0.05, 0) is 55.4 Å². The Labute approximate surface area is 130 Å². The third-order valence-electron chi connectivity index (χ3n) is 5.51. The van der Waals surface area contributed by atoms with Crippen LogP contribution < -0.4 is 5.32 Å². The number of nitrogens with zero attached hydrogens (tertiary/aromatic N) is 1. The number of amides is 2. The molecular weight excluding hydrogens is 276 g/mol. The van der Waals surface area contributed by atoms with E-state index in [2.05, 4.69) is 31.3 Å². The van der Waals surface area contributed by atoms with Gasteiger partial charge >= 0.3 is 0 Å². The van der Waals surface area contributed by atoms with Gasteiger partial charge in [0.15, 0.2) is 0 Å². The van der Waals surface area contributed by atoms with E-state index in [9.17, 15) is 9.59 Å². The Bertz CT molecular complexity index is 664. The minimum atomic E-state index is -0.107. The molecule has 2 bridgehead atoms. The second-order valence-corrected chi connectivity index (χ2v) is 6.74. The molecule has 4 nitrogen and oxygen atoms in total. The summed E-state index contributed by atoms with van der Waals surface area (Å²) in [6.07, 6.45) is 5.22. The smallest absolute Gasteiger partial charge is 0.235 e. The van der Waals surface area contributed by atoms with E-state index >= 15 is 0 Å². The molecule has 1 saturated heterocycles.